The van der Waals surface area contributed by atoms with E-state index >= 15 is 0 Å². The highest BCUT2D eigenvalue weighted by atomic mass is 79.9. The monoisotopic (exact) mass is 312 g/mol. The molecule has 0 amide bonds. The number of nitro benzene ring substituents is 1. The van der Waals surface area contributed by atoms with Crippen LogP contribution >= 0.6 is 15.9 Å². The van der Waals surface area contributed by atoms with Crippen molar-refractivity contribution >= 4 is 27.3 Å². The van der Waals surface area contributed by atoms with Crippen LogP contribution in [0.4, 0.5) is 11.4 Å². The van der Waals surface area contributed by atoms with E-state index < -0.39 is 4.92 Å². The van der Waals surface area contributed by atoms with Gasteiger partial charge in [-0.25, -0.2) is 0 Å². The van der Waals surface area contributed by atoms with Crippen LogP contribution in [0.25, 0.3) is 0 Å². The lowest BCUT2D eigenvalue weighted by Gasteiger charge is -2.20. The summed E-state index contributed by atoms with van der Waals surface area (Å²) >= 11 is 3.36. The number of benzene rings is 1. The molecule has 0 bridgehead atoms. The fourth-order valence-electron chi connectivity index (χ4n) is 1.72. The van der Waals surface area contributed by atoms with Gasteiger partial charge in [-0.2, -0.15) is 0 Å². The summed E-state index contributed by atoms with van der Waals surface area (Å²) in [5.41, 5.74) is 0.785. The predicted molar refractivity (Wildman–Crippen MR) is 72.5 cm³/mol. The average molecular weight is 313 g/mol. The Morgan fingerprint density at radius 2 is 2.39 bits per heavy atom. The summed E-state index contributed by atoms with van der Waals surface area (Å²) < 4.78 is 6.23. The Balaban J connectivity index is 2.01. The Kier molecular flexibility index (Phi) is 4.19. The van der Waals surface area contributed by atoms with Gasteiger partial charge >= 0.3 is 0 Å². The minimum Gasteiger partial charge on any atom is -0.497 e. The van der Waals surface area contributed by atoms with Crippen molar-refractivity contribution in [2.24, 2.45) is 0 Å². The van der Waals surface area contributed by atoms with E-state index in [0.29, 0.717) is 12.2 Å². The van der Waals surface area contributed by atoms with E-state index in [1.54, 1.807) is 12.3 Å². The summed E-state index contributed by atoms with van der Waals surface area (Å²) in [5, 5.41) is 13.9. The standard InChI is InChI=1S/C12H13BrN2O3/c13-11-5-4-9(15(16)17)7-12(11)14-8-10-3-1-2-6-18-10/h2,4-7,10,14H,1,3,8H2. The number of halogens is 1. The van der Waals surface area contributed by atoms with E-state index in [0.717, 1.165) is 17.3 Å². The largest absolute Gasteiger partial charge is 0.497 e. The third-order valence-electron chi connectivity index (χ3n) is 2.70. The van der Waals surface area contributed by atoms with Crippen LogP contribution in [0.2, 0.25) is 0 Å². The van der Waals surface area contributed by atoms with Gasteiger partial charge in [-0.05, 0) is 40.9 Å². The number of nitrogens with zero attached hydrogens (tertiary/aromatic N) is 1. The lowest BCUT2D eigenvalue weighted by Crippen LogP contribution is -2.23. The molecule has 1 atom stereocenters. The van der Waals surface area contributed by atoms with Gasteiger partial charge in [0.2, 0.25) is 0 Å². The van der Waals surface area contributed by atoms with Crippen LogP contribution in [0.15, 0.2) is 35.0 Å². The first-order valence-electron chi connectivity index (χ1n) is 5.65. The molecule has 6 heteroatoms. The second-order valence-electron chi connectivity index (χ2n) is 4.01. The Hall–Kier alpha value is -1.56. The van der Waals surface area contributed by atoms with Gasteiger partial charge in [-0.1, -0.05) is 0 Å². The number of allylic oxidation sites excluding steroid dienone is 1. The first-order chi connectivity index (χ1) is 8.66. The third-order valence-corrected chi connectivity index (χ3v) is 3.39. The van der Waals surface area contributed by atoms with Gasteiger partial charge in [0, 0.05) is 16.6 Å². The highest BCUT2D eigenvalue weighted by Gasteiger charge is 2.13. The minimum atomic E-state index is -0.405. The second kappa shape index (κ2) is 5.86. The molecule has 0 aliphatic carbocycles. The molecule has 0 fully saturated rings. The molecule has 1 unspecified atom stereocenters. The zero-order chi connectivity index (χ0) is 13.0. The molecule has 1 N–H and O–H groups in total. The van der Waals surface area contributed by atoms with E-state index in [9.17, 15) is 10.1 Å². The van der Waals surface area contributed by atoms with Gasteiger partial charge in [0.05, 0.1) is 23.4 Å². The zero-order valence-corrected chi connectivity index (χ0v) is 11.2. The Bertz CT molecular complexity index is 476. The number of hydrogen-bond donors (Lipinski definition) is 1. The molecule has 0 radical (unpaired) electrons. The molecule has 5 nitrogen and oxygen atoms in total. The van der Waals surface area contributed by atoms with Crippen LogP contribution in [0, 0.1) is 10.1 Å². The summed E-state index contributed by atoms with van der Waals surface area (Å²) in [6.07, 6.45) is 5.76. The average Bonchev–Trinajstić information content (AvgIpc) is 2.38. The SMILES string of the molecule is O=[N+]([O-])c1ccc(Br)c(NCC2CCC=CO2)c1. The smallest absolute Gasteiger partial charge is 0.271 e. The van der Waals surface area contributed by atoms with E-state index in [2.05, 4.69) is 21.2 Å². The number of ether oxygens (including phenoxy) is 1. The summed E-state index contributed by atoms with van der Waals surface area (Å²) in [5.74, 6) is 0. The van der Waals surface area contributed by atoms with Crippen molar-refractivity contribution in [3.8, 4) is 0 Å². The molecule has 18 heavy (non-hydrogen) atoms. The van der Waals surface area contributed by atoms with Crippen molar-refractivity contribution in [3.05, 3.63) is 45.1 Å². The van der Waals surface area contributed by atoms with Crippen LogP contribution in [-0.2, 0) is 4.74 Å². The second-order valence-corrected chi connectivity index (χ2v) is 4.86. The molecule has 1 aromatic rings. The molecule has 1 heterocycles. The van der Waals surface area contributed by atoms with Gasteiger partial charge in [0.25, 0.3) is 5.69 Å². The van der Waals surface area contributed by atoms with E-state index in [-0.39, 0.29) is 11.8 Å². The molecule has 1 aliphatic heterocycles. The van der Waals surface area contributed by atoms with E-state index in [4.69, 9.17) is 4.74 Å². The van der Waals surface area contributed by atoms with Crippen molar-refractivity contribution in [1.82, 2.24) is 0 Å². The maximum absolute atomic E-state index is 10.7. The van der Waals surface area contributed by atoms with Crippen LogP contribution in [0.5, 0.6) is 0 Å². The third kappa shape index (κ3) is 3.22. The summed E-state index contributed by atoms with van der Waals surface area (Å²) in [7, 11) is 0. The number of non-ortho nitro benzene ring substituents is 1. The highest BCUT2D eigenvalue weighted by Crippen LogP contribution is 2.27. The van der Waals surface area contributed by atoms with Crippen LogP contribution in [0.1, 0.15) is 12.8 Å². The first kappa shape index (κ1) is 12.9. The molecule has 0 aromatic heterocycles. The number of nitrogens with one attached hydrogen (secondary N) is 1. The van der Waals surface area contributed by atoms with Crippen LogP contribution in [-0.4, -0.2) is 17.6 Å². The first-order valence-corrected chi connectivity index (χ1v) is 6.44. The number of hydrogen-bond acceptors (Lipinski definition) is 4. The fourth-order valence-corrected chi connectivity index (χ4v) is 2.11. The van der Waals surface area contributed by atoms with Gasteiger partial charge in [0.1, 0.15) is 6.10 Å². The zero-order valence-electron chi connectivity index (χ0n) is 9.64. The Morgan fingerprint density at radius 3 is 3.06 bits per heavy atom. The van der Waals surface area contributed by atoms with Gasteiger partial charge < -0.3 is 10.1 Å². The lowest BCUT2D eigenvalue weighted by molar-refractivity contribution is -0.384. The molecule has 0 saturated heterocycles. The molecule has 0 spiro atoms. The predicted octanol–water partition coefficient (Wildman–Crippen LogP) is 3.46. The molecular formula is C12H13BrN2O3. The molecule has 0 saturated carbocycles. The van der Waals surface area contributed by atoms with Crippen molar-refractivity contribution in [3.63, 3.8) is 0 Å². The Morgan fingerprint density at radius 1 is 1.56 bits per heavy atom. The van der Waals surface area contributed by atoms with E-state index in [1.807, 2.05) is 6.08 Å². The van der Waals surface area contributed by atoms with Crippen molar-refractivity contribution in [1.29, 1.82) is 0 Å². The fraction of sp³-hybridized carbons (Fsp3) is 0.333. The summed E-state index contributed by atoms with van der Waals surface area (Å²) in [4.78, 5) is 10.3. The quantitative estimate of drug-likeness (QED) is 0.683. The van der Waals surface area contributed by atoms with Crippen LogP contribution in [0.3, 0.4) is 0 Å². The number of anilines is 1. The normalized spacial score (nSPS) is 18.2. The summed E-state index contributed by atoms with van der Waals surface area (Å²) in [6.45, 7) is 0.629. The van der Waals surface area contributed by atoms with Crippen LogP contribution < -0.4 is 5.32 Å². The minimum absolute atomic E-state index is 0.0742. The topological polar surface area (TPSA) is 64.4 Å². The summed E-state index contributed by atoms with van der Waals surface area (Å²) in [6, 6.07) is 4.65. The molecule has 2 rings (SSSR count). The number of nitro groups is 1. The molecule has 1 aromatic carbocycles. The van der Waals surface area contributed by atoms with E-state index in [1.165, 1.54) is 12.1 Å². The van der Waals surface area contributed by atoms with Crippen molar-refractivity contribution in [2.45, 2.75) is 18.9 Å². The van der Waals surface area contributed by atoms with Gasteiger partial charge in [-0.3, -0.25) is 10.1 Å². The maximum atomic E-state index is 10.7. The molecular weight excluding hydrogens is 300 g/mol. The molecule has 96 valence electrons. The Labute approximate surface area is 113 Å². The maximum Gasteiger partial charge on any atom is 0.271 e. The molecule has 1 aliphatic rings. The number of rotatable bonds is 4. The van der Waals surface area contributed by atoms with Crippen molar-refractivity contribution in [2.75, 3.05) is 11.9 Å². The highest BCUT2D eigenvalue weighted by molar-refractivity contribution is 9.10. The van der Waals surface area contributed by atoms with Gasteiger partial charge in [-0.15, -0.1) is 0 Å². The van der Waals surface area contributed by atoms with Crippen molar-refractivity contribution < 1.29 is 9.66 Å². The van der Waals surface area contributed by atoms with Gasteiger partial charge in [0.15, 0.2) is 0 Å². The lowest BCUT2D eigenvalue weighted by atomic mass is 10.1.